The van der Waals surface area contributed by atoms with Crippen LogP contribution in [0.4, 0.5) is 0 Å². The van der Waals surface area contributed by atoms with Gasteiger partial charge in [0, 0.05) is 0 Å². The number of halogens is 1. The molecular weight excluding hydrogens is 195 g/mol. The van der Waals surface area contributed by atoms with E-state index < -0.39 is 21.6 Å². The maximum atomic E-state index is 9.97. The minimum absolute atomic E-state index is 0.169. The Hall–Kier alpha value is -0.0600. The summed E-state index contributed by atoms with van der Waals surface area (Å²) in [6.07, 6.45) is 1.47. The Bertz CT molecular complexity index is 97.0. The first-order valence-electron chi connectivity index (χ1n) is 1.43. The molecule has 0 amide bonds. The Kier molecular flexibility index (Phi) is 1.09. The summed E-state index contributed by atoms with van der Waals surface area (Å²) in [6, 6.07) is 0. The molecule has 0 N–H and O–H groups in total. The number of carbonyl (C=O) groups is 1. The summed E-state index contributed by atoms with van der Waals surface area (Å²) in [5.41, 5.74) is 0. The van der Waals surface area contributed by atoms with Crippen LogP contribution in [0.1, 0.15) is 0 Å². The van der Waals surface area contributed by atoms with Crippen molar-refractivity contribution in [3.63, 3.8) is 0 Å². The molecule has 0 saturated heterocycles. The normalized spacial score (nSPS) is 19.7. The van der Waals surface area contributed by atoms with Crippen LogP contribution in [0.3, 0.4) is 0 Å². The third kappa shape index (κ3) is 0.707. The third-order valence-corrected chi connectivity index (χ3v) is 1.84. The fourth-order valence-electron chi connectivity index (χ4n) is 0.186. The summed E-state index contributed by atoms with van der Waals surface area (Å²) in [4.78, 5) is 9.97. The van der Waals surface area contributed by atoms with Crippen molar-refractivity contribution in [2.24, 2.45) is 0 Å². The van der Waals surface area contributed by atoms with Crippen molar-refractivity contribution < 1.29 is 7.86 Å². The first-order chi connectivity index (χ1) is 2.89. The van der Waals surface area contributed by atoms with Crippen LogP contribution in [0.15, 0.2) is 10.2 Å². The number of hydrogen-bond donors (Lipinski definition) is 0. The van der Waals surface area contributed by atoms with E-state index in [-0.39, 0.29) is 5.97 Å². The van der Waals surface area contributed by atoms with Crippen LogP contribution in [0.25, 0.3) is 0 Å². The van der Waals surface area contributed by atoms with Crippen LogP contribution in [-0.4, -0.2) is 5.97 Å². The van der Waals surface area contributed by atoms with E-state index in [0.29, 0.717) is 0 Å². The first-order valence-corrected chi connectivity index (χ1v) is 3.73. The molecule has 34 valence electrons. The van der Waals surface area contributed by atoms with Gasteiger partial charge in [0.2, 0.25) is 0 Å². The van der Waals surface area contributed by atoms with Gasteiger partial charge in [-0.1, -0.05) is 0 Å². The van der Waals surface area contributed by atoms with E-state index in [4.69, 9.17) is 0 Å². The van der Waals surface area contributed by atoms with E-state index >= 15 is 0 Å². The van der Waals surface area contributed by atoms with Crippen molar-refractivity contribution in [2.75, 3.05) is 0 Å². The van der Waals surface area contributed by atoms with Gasteiger partial charge >= 0.3 is 45.6 Å². The van der Waals surface area contributed by atoms with E-state index in [9.17, 15) is 4.79 Å². The molecule has 0 radical (unpaired) electrons. The van der Waals surface area contributed by atoms with Crippen LogP contribution in [0.2, 0.25) is 0 Å². The predicted molar refractivity (Wildman–Crippen MR) is 30.6 cm³/mol. The van der Waals surface area contributed by atoms with Crippen molar-refractivity contribution in [2.45, 2.75) is 0 Å². The van der Waals surface area contributed by atoms with E-state index in [2.05, 4.69) is 3.07 Å². The molecule has 0 aliphatic carbocycles. The third-order valence-electron chi connectivity index (χ3n) is 0.390. The molecule has 0 spiro atoms. The van der Waals surface area contributed by atoms with E-state index in [1.165, 1.54) is 6.08 Å². The molecule has 0 aromatic rings. The van der Waals surface area contributed by atoms with Gasteiger partial charge in [0.25, 0.3) is 0 Å². The zero-order valence-corrected chi connectivity index (χ0v) is 5.21. The average molecular weight is 198 g/mol. The Labute approximate surface area is 46.0 Å². The summed E-state index contributed by atoms with van der Waals surface area (Å²) in [6.45, 7) is 0. The SMILES string of the molecule is O=C1C=C[IH]O1. The van der Waals surface area contributed by atoms with E-state index in [1.54, 1.807) is 0 Å². The monoisotopic (exact) mass is 198 g/mol. The van der Waals surface area contributed by atoms with Crippen molar-refractivity contribution in [3.05, 3.63) is 10.2 Å². The molecule has 0 bridgehead atoms. The molecule has 3 heteroatoms. The van der Waals surface area contributed by atoms with Gasteiger partial charge in [-0.2, -0.15) is 0 Å². The second-order valence-electron chi connectivity index (χ2n) is 0.801. The molecule has 0 atom stereocenters. The van der Waals surface area contributed by atoms with Crippen molar-refractivity contribution >= 4 is 27.6 Å². The van der Waals surface area contributed by atoms with Gasteiger partial charge in [-0.05, 0) is 0 Å². The molecule has 0 fully saturated rings. The second kappa shape index (κ2) is 1.59. The summed E-state index contributed by atoms with van der Waals surface area (Å²) in [5.74, 6) is -0.169. The molecule has 1 aliphatic rings. The topological polar surface area (TPSA) is 26.3 Å². The molecule has 1 rings (SSSR count). The van der Waals surface area contributed by atoms with Crippen molar-refractivity contribution in [3.8, 4) is 0 Å². The molecule has 1 aliphatic heterocycles. The second-order valence-corrected chi connectivity index (χ2v) is 2.60. The van der Waals surface area contributed by atoms with Crippen molar-refractivity contribution in [1.82, 2.24) is 0 Å². The Morgan fingerprint density at radius 2 is 2.67 bits per heavy atom. The zero-order chi connectivity index (χ0) is 4.41. The Morgan fingerprint density at radius 1 is 1.83 bits per heavy atom. The number of carbonyl (C=O) groups excluding carboxylic acids is 1. The fourth-order valence-corrected chi connectivity index (χ4v) is 1.25. The summed E-state index contributed by atoms with van der Waals surface area (Å²) in [7, 11) is 0. The van der Waals surface area contributed by atoms with E-state index in [0.717, 1.165) is 0 Å². The summed E-state index contributed by atoms with van der Waals surface area (Å²) >= 11 is -0.471. The fraction of sp³-hybridized carbons (Fsp3) is 0. The predicted octanol–water partition coefficient (Wildman–Crippen LogP) is 0.675. The minimum atomic E-state index is -0.471. The van der Waals surface area contributed by atoms with E-state index in [1.807, 2.05) is 4.08 Å². The molecule has 6 heavy (non-hydrogen) atoms. The van der Waals surface area contributed by atoms with Crippen molar-refractivity contribution in [1.29, 1.82) is 0 Å². The molecule has 0 aromatic heterocycles. The molecule has 0 saturated carbocycles. The molecule has 1 heterocycles. The van der Waals surface area contributed by atoms with Crippen LogP contribution in [0.5, 0.6) is 0 Å². The quantitative estimate of drug-likeness (QED) is 0.534. The maximum absolute atomic E-state index is 9.97. The van der Waals surface area contributed by atoms with Gasteiger partial charge in [-0.3, -0.25) is 0 Å². The van der Waals surface area contributed by atoms with Gasteiger partial charge in [0.1, 0.15) is 0 Å². The zero-order valence-electron chi connectivity index (χ0n) is 2.88. The molecule has 0 aromatic carbocycles. The van der Waals surface area contributed by atoms with Gasteiger partial charge in [-0.15, -0.1) is 0 Å². The van der Waals surface area contributed by atoms with Crippen LogP contribution in [-0.2, 0) is 7.86 Å². The van der Waals surface area contributed by atoms with Gasteiger partial charge in [0.15, 0.2) is 0 Å². The molecule has 2 nitrogen and oxygen atoms in total. The van der Waals surface area contributed by atoms with Gasteiger partial charge in [0.05, 0.1) is 0 Å². The van der Waals surface area contributed by atoms with Gasteiger partial charge < -0.3 is 0 Å². The first kappa shape index (κ1) is 4.11. The summed E-state index contributed by atoms with van der Waals surface area (Å²) in [5, 5.41) is 0. The number of rotatable bonds is 0. The van der Waals surface area contributed by atoms with Crippen LogP contribution >= 0.6 is 21.6 Å². The molecule has 0 unspecified atom stereocenters. The van der Waals surface area contributed by atoms with Gasteiger partial charge in [-0.25, -0.2) is 0 Å². The van der Waals surface area contributed by atoms with Crippen LogP contribution < -0.4 is 0 Å². The Balaban J connectivity index is 2.59. The standard InChI is InChI=1S/C3H3IO2/c5-3-1-2-4-6-3/h1-2,4H. The summed E-state index contributed by atoms with van der Waals surface area (Å²) < 4.78 is 6.35. The Morgan fingerprint density at radius 3 is 2.83 bits per heavy atom. The number of hydrogen-bond acceptors (Lipinski definition) is 2. The molecular formula is C3H3IO2. The average Bonchev–Trinajstić information content (AvgIpc) is 1.86. The van der Waals surface area contributed by atoms with Crippen LogP contribution in [0, 0.1) is 0 Å².